The fourth-order valence-electron chi connectivity index (χ4n) is 1.80. The smallest absolute Gasteiger partial charge is 0.176 e. The molecule has 0 fully saturated rings. The molecule has 1 aromatic rings. The third kappa shape index (κ3) is 3.46. The van der Waals surface area contributed by atoms with E-state index in [1.807, 2.05) is 20.8 Å². The molecule has 0 atom stereocenters. The number of sulfone groups is 1. The summed E-state index contributed by atoms with van der Waals surface area (Å²) < 4.78 is 28.4. The first kappa shape index (κ1) is 16.0. The van der Waals surface area contributed by atoms with Crippen LogP contribution in [0.1, 0.15) is 30.5 Å². The zero-order valence-corrected chi connectivity index (χ0v) is 12.5. The third-order valence-corrected chi connectivity index (χ3v) is 3.94. The zero-order valence-electron chi connectivity index (χ0n) is 11.7. The predicted octanol–water partition coefficient (Wildman–Crippen LogP) is 3.05. The Kier molecular flexibility index (Phi) is 5.69. The summed E-state index contributed by atoms with van der Waals surface area (Å²) in [7, 11) is -1.58. The minimum absolute atomic E-state index is 0.417. The highest BCUT2D eigenvalue weighted by Gasteiger charge is 2.18. The minimum Gasteiger partial charge on any atom is -0.496 e. The van der Waals surface area contributed by atoms with Gasteiger partial charge in [0.05, 0.1) is 12.0 Å². The number of aryl methyl sites for hydroxylation is 1. The maximum absolute atomic E-state index is 11.6. The van der Waals surface area contributed by atoms with E-state index >= 15 is 0 Å². The molecule has 0 N–H and O–H groups in total. The Morgan fingerprint density at radius 1 is 1.06 bits per heavy atom. The Morgan fingerprint density at radius 2 is 1.53 bits per heavy atom. The van der Waals surface area contributed by atoms with Gasteiger partial charge in [0.15, 0.2) is 9.84 Å². The summed E-state index contributed by atoms with van der Waals surface area (Å²) in [6.07, 6.45) is 1.23. The molecule has 0 spiro atoms. The van der Waals surface area contributed by atoms with Crippen molar-refractivity contribution in [2.24, 2.45) is 0 Å². The normalized spacial score (nSPS) is 10.5. The van der Waals surface area contributed by atoms with Crippen LogP contribution in [0, 0.1) is 20.8 Å². The molecule has 17 heavy (non-hydrogen) atoms. The van der Waals surface area contributed by atoms with Crippen molar-refractivity contribution in [3.05, 3.63) is 22.8 Å². The quantitative estimate of drug-likeness (QED) is 0.819. The van der Waals surface area contributed by atoms with Gasteiger partial charge >= 0.3 is 0 Å². The van der Waals surface area contributed by atoms with Crippen LogP contribution in [0.3, 0.4) is 0 Å². The monoisotopic (exact) mass is 258 g/mol. The lowest BCUT2D eigenvalue weighted by Crippen LogP contribution is -2.05. The van der Waals surface area contributed by atoms with Gasteiger partial charge in [-0.15, -0.1) is 0 Å². The Hall–Kier alpha value is -1.03. The van der Waals surface area contributed by atoms with Crippen LogP contribution in [0.5, 0.6) is 5.75 Å². The lowest BCUT2D eigenvalue weighted by atomic mass is 10.1. The van der Waals surface area contributed by atoms with Crippen LogP contribution in [0.15, 0.2) is 11.0 Å². The Bertz CT molecular complexity index is 488. The number of hydrogen-bond acceptors (Lipinski definition) is 3. The van der Waals surface area contributed by atoms with Gasteiger partial charge in [-0.25, -0.2) is 8.42 Å². The lowest BCUT2D eigenvalue weighted by molar-refractivity contribution is 0.410. The second kappa shape index (κ2) is 6.05. The van der Waals surface area contributed by atoms with Gasteiger partial charge in [-0.1, -0.05) is 13.8 Å². The number of methoxy groups -OCH3 is 1. The summed E-state index contributed by atoms with van der Waals surface area (Å²) >= 11 is 0. The van der Waals surface area contributed by atoms with Crippen molar-refractivity contribution in [2.45, 2.75) is 39.5 Å². The largest absolute Gasteiger partial charge is 0.496 e. The molecular formula is C13H22O3S. The molecule has 0 saturated heterocycles. The van der Waals surface area contributed by atoms with Crippen molar-refractivity contribution in [3.8, 4) is 5.75 Å². The van der Waals surface area contributed by atoms with Gasteiger partial charge in [-0.05, 0) is 43.5 Å². The molecule has 0 radical (unpaired) electrons. The second-order valence-electron chi connectivity index (χ2n) is 3.75. The van der Waals surface area contributed by atoms with Gasteiger partial charge in [0.1, 0.15) is 5.75 Å². The Labute approximate surface area is 105 Å². The van der Waals surface area contributed by atoms with Gasteiger partial charge in [-0.3, -0.25) is 0 Å². The number of ether oxygens (including phenoxy) is 1. The van der Waals surface area contributed by atoms with E-state index in [2.05, 4.69) is 0 Å². The standard InChI is InChI=1S/C11H16O3S.C2H6/c1-7-6-10(14-4)8(2)9(3)11(7)15(5,12)13;1-2/h6H,1-5H3;1-2H3. The Morgan fingerprint density at radius 3 is 1.88 bits per heavy atom. The third-order valence-electron chi connectivity index (χ3n) is 2.57. The SMILES string of the molecule is CC.COc1cc(C)c(S(C)(=O)=O)c(C)c1C. The van der Waals surface area contributed by atoms with E-state index in [1.165, 1.54) is 6.26 Å². The van der Waals surface area contributed by atoms with E-state index in [0.717, 1.165) is 22.4 Å². The van der Waals surface area contributed by atoms with Gasteiger partial charge < -0.3 is 4.74 Å². The molecule has 0 aliphatic heterocycles. The molecule has 0 heterocycles. The summed E-state index contributed by atoms with van der Waals surface area (Å²) in [6, 6.07) is 1.76. The summed E-state index contributed by atoms with van der Waals surface area (Å²) in [6.45, 7) is 9.45. The lowest BCUT2D eigenvalue weighted by Gasteiger charge is -2.14. The average molecular weight is 258 g/mol. The van der Waals surface area contributed by atoms with Crippen LogP contribution in [0.2, 0.25) is 0 Å². The van der Waals surface area contributed by atoms with E-state index in [9.17, 15) is 8.42 Å². The number of rotatable bonds is 2. The van der Waals surface area contributed by atoms with Crippen LogP contribution in [-0.2, 0) is 9.84 Å². The van der Waals surface area contributed by atoms with Crippen LogP contribution in [0.4, 0.5) is 0 Å². The second-order valence-corrected chi connectivity index (χ2v) is 5.70. The summed E-state index contributed by atoms with van der Waals surface area (Å²) in [5.74, 6) is 0.734. The van der Waals surface area contributed by atoms with Gasteiger partial charge in [-0.2, -0.15) is 0 Å². The maximum atomic E-state index is 11.6. The van der Waals surface area contributed by atoms with E-state index in [4.69, 9.17) is 4.74 Å². The first-order chi connectivity index (χ1) is 7.79. The fraction of sp³-hybridized carbons (Fsp3) is 0.538. The molecule has 0 aromatic heterocycles. The molecule has 0 saturated carbocycles. The fourth-order valence-corrected chi connectivity index (χ4v) is 3.16. The molecular weight excluding hydrogens is 236 g/mol. The van der Waals surface area contributed by atoms with Crippen molar-refractivity contribution in [2.75, 3.05) is 13.4 Å². The van der Waals surface area contributed by atoms with Gasteiger partial charge in [0, 0.05) is 6.26 Å². The summed E-state index contributed by atoms with van der Waals surface area (Å²) in [5.41, 5.74) is 2.38. The van der Waals surface area contributed by atoms with Crippen LogP contribution in [-0.4, -0.2) is 21.8 Å². The van der Waals surface area contributed by atoms with Crippen molar-refractivity contribution in [3.63, 3.8) is 0 Å². The molecule has 0 bridgehead atoms. The highest BCUT2D eigenvalue weighted by atomic mass is 32.2. The topological polar surface area (TPSA) is 43.4 Å². The molecule has 0 aliphatic rings. The first-order valence-electron chi connectivity index (χ1n) is 5.64. The first-order valence-corrected chi connectivity index (χ1v) is 7.53. The van der Waals surface area contributed by atoms with E-state index < -0.39 is 9.84 Å². The minimum atomic E-state index is -3.17. The summed E-state index contributed by atoms with van der Waals surface area (Å²) in [4.78, 5) is 0.417. The average Bonchev–Trinajstić information content (AvgIpc) is 2.24. The van der Waals surface area contributed by atoms with Gasteiger partial charge in [0.2, 0.25) is 0 Å². The number of hydrogen-bond donors (Lipinski definition) is 0. The molecule has 3 nitrogen and oxygen atoms in total. The van der Waals surface area contributed by atoms with Crippen LogP contribution >= 0.6 is 0 Å². The highest BCUT2D eigenvalue weighted by molar-refractivity contribution is 7.90. The predicted molar refractivity (Wildman–Crippen MR) is 71.7 cm³/mol. The molecule has 1 rings (SSSR count). The molecule has 98 valence electrons. The van der Waals surface area contributed by atoms with E-state index in [-0.39, 0.29) is 0 Å². The van der Waals surface area contributed by atoms with Crippen molar-refractivity contribution >= 4 is 9.84 Å². The van der Waals surface area contributed by atoms with Gasteiger partial charge in [0.25, 0.3) is 0 Å². The van der Waals surface area contributed by atoms with Crippen LogP contribution in [0.25, 0.3) is 0 Å². The zero-order chi connectivity index (χ0) is 13.8. The van der Waals surface area contributed by atoms with E-state index in [0.29, 0.717) is 4.90 Å². The Balaban J connectivity index is 0.00000121. The molecule has 0 unspecified atom stereocenters. The van der Waals surface area contributed by atoms with Crippen molar-refractivity contribution < 1.29 is 13.2 Å². The highest BCUT2D eigenvalue weighted by Crippen LogP contribution is 2.30. The maximum Gasteiger partial charge on any atom is 0.176 e. The number of benzene rings is 1. The molecule has 1 aromatic carbocycles. The molecule has 0 amide bonds. The molecule has 4 heteroatoms. The summed E-state index contributed by atoms with van der Waals surface area (Å²) in [5, 5.41) is 0. The van der Waals surface area contributed by atoms with E-state index in [1.54, 1.807) is 27.0 Å². The van der Waals surface area contributed by atoms with Crippen molar-refractivity contribution in [1.29, 1.82) is 0 Å². The van der Waals surface area contributed by atoms with Crippen molar-refractivity contribution in [1.82, 2.24) is 0 Å². The molecule has 0 aliphatic carbocycles. The van der Waals surface area contributed by atoms with Crippen LogP contribution < -0.4 is 4.74 Å².